The van der Waals surface area contributed by atoms with Gasteiger partial charge in [0, 0.05) is 28.7 Å². The zero-order valence-electron chi connectivity index (χ0n) is 17.6. The number of anilines is 1. The van der Waals surface area contributed by atoms with Crippen LogP contribution in [0.2, 0.25) is 5.02 Å². The molecule has 154 valence electrons. The Balaban J connectivity index is 2.29. The first-order valence-corrected chi connectivity index (χ1v) is 11.4. The molecule has 0 spiro atoms. The molecule has 2 aromatic carbocycles. The summed E-state index contributed by atoms with van der Waals surface area (Å²) in [7, 11) is 0. The van der Waals surface area contributed by atoms with Gasteiger partial charge >= 0.3 is 0 Å². The molecule has 0 heterocycles. The number of amides is 1. The second-order valence-electron chi connectivity index (χ2n) is 7.08. The molecule has 0 aliphatic rings. The van der Waals surface area contributed by atoms with Crippen molar-refractivity contribution in [3.63, 3.8) is 0 Å². The van der Waals surface area contributed by atoms with Crippen molar-refractivity contribution in [2.24, 2.45) is 0 Å². The summed E-state index contributed by atoms with van der Waals surface area (Å²) in [5.41, 5.74) is 5.69. The summed E-state index contributed by atoms with van der Waals surface area (Å²) < 4.78 is 0. The number of aryl methyl sites for hydroxylation is 1. The molecular weight excluding hydrogens is 400 g/mol. The molecule has 5 heteroatoms. The maximum Gasteiger partial charge on any atom is 0.256 e. The highest BCUT2D eigenvalue weighted by atomic mass is 35.5. The molecule has 1 unspecified atom stereocenters. The molecule has 2 rings (SSSR count). The fourth-order valence-corrected chi connectivity index (χ4v) is 3.97. The fourth-order valence-electron chi connectivity index (χ4n) is 3.10. The van der Waals surface area contributed by atoms with E-state index < -0.39 is 0 Å². The van der Waals surface area contributed by atoms with Gasteiger partial charge in [-0.25, -0.2) is 0 Å². The number of hydrogen-bond donors (Lipinski definition) is 2. The molecule has 1 amide bonds. The normalized spacial score (nSPS) is 11.6. The second kappa shape index (κ2) is 10.6. The average molecular weight is 429 g/mol. The number of nitrogens with one attached hydrogen (secondary N) is 2. The van der Waals surface area contributed by atoms with E-state index in [1.165, 1.54) is 0 Å². The molecule has 0 radical (unpaired) electrons. The first kappa shape index (κ1) is 23.1. The van der Waals surface area contributed by atoms with Crippen molar-refractivity contribution in [1.82, 2.24) is 5.32 Å². The number of carbonyl (C=O) groups excluding carboxylic acids is 1. The van der Waals surface area contributed by atoms with Gasteiger partial charge in [0.15, 0.2) is 0 Å². The van der Waals surface area contributed by atoms with E-state index in [4.69, 9.17) is 11.6 Å². The molecule has 0 aliphatic heterocycles. The zero-order valence-corrected chi connectivity index (χ0v) is 19.1. The average Bonchev–Trinajstić information content (AvgIpc) is 2.68. The Hall–Kier alpha value is -2.17. The van der Waals surface area contributed by atoms with Crippen LogP contribution in [0.15, 0.2) is 49.6 Å². The lowest BCUT2D eigenvalue weighted by Crippen LogP contribution is -2.27. The molecule has 0 aromatic heterocycles. The third kappa shape index (κ3) is 5.91. The number of benzene rings is 2. The summed E-state index contributed by atoms with van der Waals surface area (Å²) in [6, 6.07) is 11.5. The number of halogens is 1. The summed E-state index contributed by atoms with van der Waals surface area (Å²) >= 11 is 8.19. The monoisotopic (exact) mass is 428 g/mol. The highest BCUT2D eigenvalue weighted by molar-refractivity contribution is 7.98. The topological polar surface area (TPSA) is 41.1 Å². The summed E-state index contributed by atoms with van der Waals surface area (Å²) in [6.45, 7) is 14.3. The van der Waals surface area contributed by atoms with Crippen molar-refractivity contribution < 1.29 is 4.79 Å². The van der Waals surface area contributed by atoms with E-state index in [2.05, 4.69) is 43.9 Å². The van der Waals surface area contributed by atoms with E-state index in [1.807, 2.05) is 25.1 Å². The predicted octanol–water partition coefficient (Wildman–Crippen LogP) is 6.64. The third-order valence-corrected chi connectivity index (χ3v) is 5.86. The van der Waals surface area contributed by atoms with Crippen molar-refractivity contribution in [1.29, 1.82) is 0 Å². The van der Waals surface area contributed by atoms with Crippen LogP contribution in [0.4, 0.5) is 5.69 Å². The van der Waals surface area contributed by atoms with Crippen molar-refractivity contribution >= 4 is 46.2 Å². The van der Waals surface area contributed by atoms with E-state index >= 15 is 0 Å². The van der Waals surface area contributed by atoms with Gasteiger partial charge in [-0.05, 0) is 67.5 Å². The standard InChI is InChI=1S/C24H29ClN2OS/c1-7-15(2)19-11-12-22(16(3)13-19)27-24(28)20-9-8-10-21(25)23(20)18(5)26-17(4)14-29-6/h8-13,17,26H,2,5,7,14H2,1,3-4,6H3,(H,27,28). The zero-order chi connectivity index (χ0) is 21.6. The SMILES string of the molecule is C=C(CC)c1ccc(NC(=O)c2cccc(Cl)c2C(=C)NC(C)CSC)c(C)c1. The largest absolute Gasteiger partial charge is 0.382 e. The maximum atomic E-state index is 13.1. The summed E-state index contributed by atoms with van der Waals surface area (Å²) in [5, 5.41) is 6.85. The summed E-state index contributed by atoms with van der Waals surface area (Å²) in [4.78, 5) is 13.1. The Morgan fingerprint density at radius 2 is 1.97 bits per heavy atom. The van der Waals surface area contributed by atoms with E-state index in [0.29, 0.717) is 21.8 Å². The van der Waals surface area contributed by atoms with Gasteiger partial charge in [0.2, 0.25) is 0 Å². The molecule has 3 nitrogen and oxygen atoms in total. The predicted molar refractivity (Wildman–Crippen MR) is 130 cm³/mol. The second-order valence-corrected chi connectivity index (χ2v) is 8.40. The van der Waals surface area contributed by atoms with Crippen molar-refractivity contribution in [2.75, 3.05) is 17.3 Å². The van der Waals surface area contributed by atoms with Crippen LogP contribution in [0.25, 0.3) is 11.3 Å². The smallest absolute Gasteiger partial charge is 0.256 e. The Morgan fingerprint density at radius 1 is 1.24 bits per heavy atom. The first-order valence-electron chi connectivity index (χ1n) is 9.61. The third-order valence-electron chi connectivity index (χ3n) is 4.71. The van der Waals surface area contributed by atoms with Crippen LogP contribution in [-0.2, 0) is 0 Å². The molecular formula is C24H29ClN2OS. The molecule has 0 aliphatic carbocycles. The van der Waals surface area contributed by atoms with Gasteiger partial charge in [-0.1, -0.05) is 43.8 Å². The number of allylic oxidation sites excluding steroid dienone is 1. The van der Waals surface area contributed by atoms with Gasteiger partial charge in [-0.3, -0.25) is 4.79 Å². The quantitative estimate of drug-likeness (QED) is 0.470. The highest BCUT2D eigenvalue weighted by Crippen LogP contribution is 2.28. The van der Waals surface area contributed by atoms with Gasteiger partial charge in [0.05, 0.1) is 10.6 Å². The fraction of sp³-hybridized carbons (Fsp3) is 0.292. The van der Waals surface area contributed by atoms with Crippen LogP contribution in [0.1, 0.15) is 47.3 Å². The van der Waals surface area contributed by atoms with Crippen LogP contribution in [-0.4, -0.2) is 24.0 Å². The molecule has 29 heavy (non-hydrogen) atoms. The van der Waals surface area contributed by atoms with Gasteiger partial charge in [-0.15, -0.1) is 0 Å². The first-order chi connectivity index (χ1) is 13.8. The maximum absolute atomic E-state index is 13.1. The van der Waals surface area contributed by atoms with E-state index in [9.17, 15) is 4.79 Å². The van der Waals surface area contributed by atoms with Gasteiger partial charge in [0.1, 0.15) is 0 Å². The van der Waals surface area contributed by atoms with Gasteiger partial charge in [-0.2, -0.15) is 11.8 Å². The van der Waals surface area contributed by atoms with Crippen LogP contribution in [0.5, 0.6) is 0 Å². The minimum Gasteiger partial charge on any atom is -0.382 e. The van der Waals surface area contributed by atoms with E-state index in [-0.39, 0.29) is 11.9 Å². The minimum atomic E-state index is -0.215. The highest BCUT2D eigenvalue weighted by Gasteiger charge is 2.18. The lowest BCUT2D eigenvalue weighted by molar-refractivity contribution is 0.102. The molecule has 0 saturated heterocycles. The number of rotatable bonds is 9. The minimum absolute atomic E-state index is 0.214. The summed E-state index contributed by atoms with van der Waals surface area (Å²) in [5.74, 6) is 0.715. The van der Waals surface area contributed by atoms with Crippen LogP contribution in [0, 0.1) is 6.92 Å². The molecule has 0 bridgehead atoms. The van der Waals surface area contributed by atoms with Gasteiger partial charge in [0.25, 0.3) is 5.91 Å². The number of hydrogen-bond acceptors (Lipinski definition) is 3. The van der Waals surface area contributed by atoms with Crippen molar-refractivity contribution in [3.05, 3.63) is 76.8 Å². The molecule has 1 atom stereocenters. The molecule has 0 fully saturated rings. The Kier molecular flexibility index (Phi) is 8.42. The van der Waals surface area contributed by atoms with Crippen LogP contribution >= 0.6 is 23.4 Å². The van der Waals surface area contributed by atoms with E-state index in [0.717, 1.165) is 34.6 Å². The van der Waals surface area contributed by atoms with Crippen molar-refractivity contribution in [3.8, 4) is 0 Å². The summed E-state index contributed by atoms with van der Waals surface area (Å²) in [6.07, 6.45) is 2.94. The van der Waals surface area contributed by atoms with Gasteiger partial charge < -0.3 is 10.6 Å². The Labute approximate surface area is 183 Å². The van der Waals surface area contributed by atoms with Crippen molar-refractivity contribution in [2.45, 2.75) is 33.2 Å². The number of carbonyl (C=O) groups is 1. The Bertz CT molecular complexity index is 923. The van der Waals surface area contributed by atoms with E-state index in [1.54, 1.807) is 30.0 Å². The molecule has 0 saturated carbocycles. The van der Waals surface area contributed by atoms with Crippen LogP contribution in [0.3, 0.4) is 0 Å². The Morgan fingerprint density at radius 3 is 2.59 bits per heavy atom. The molecule has 2 N–H and O–H groups in total. The van der Waals surface area contributed by atoms with Crippen LogP contribution < -0.4 is 10.6 Å². The lowest BCUT2D eigenvalue weighted by atomic mass is 10.0. The lowest BCUT2D eigenvalue weighted by Gasteiger charge is -2.20. The molecule has 2 aromatic rings. The number of thioether (sulfide) groups is 1.